The maximum atomic E-state index is 13.2. The van der Waals surface area contributed by atoms with Crippen molar-refractivity contribution < 1.29 is 14.3 Å². The van der Waals surface area contributed by atoms with Crippen molar-refractivity contribution in [3.63, 3.8) is 0 Å². The van der Waals surface area contributed by atoms with Crippen molar-refractivity contribution in [1.82, 2.24) is 5.32 Å². The number of rotatable bonds is 10. The summed E-state index contributed by atoms with van der Waals surface area (Å²) in [6.07, 6.45) is 1.90. The smallest absolute Gasteiger partial charge is 0.257 e. The molecule has 0 radical (unpaired) electrons. The van der Waals surface area contributed by atoms with Crippen LogP contribution in [0.15, 0.2) is 89.7 Å². The number of amides is 1. The quantitative estimate of drug-likeness (QED) is 0.145. The summed E-state index contributed by atoms with van der Waals surface area (Å²) in [5, 5.41) is 7.82. The second-order valence-electron chi connectivity index (χ2n) is 9.65. The van der Waals surface area contributed by atoms with E-state index in [0.29, 0.717) is 21.0 Å². The second-order valence-corrected chi connectivity index (χ2v) is 10.7. The zero-order chi connectivity index (χ0) is 28.1. The zero-order valence-corrected chi connectivity index (χ0v) is 23.6. The number of hydrogen-bond donors (Lipinski definition) is 2. The molecule has 0 aliphatic rings. The molecule has 0 fully saturated rings. The van der Waals surface area contributed by atoms with E-state index in [1.165, 1.54) is 16.9 Å². The first-order chi connectivity index (χ1) is 19.5. The van der Waals surface area contributed by atoms with Gasteiger partial charge >= 0.3 is 0 Å². The van der Waals surface area contributed by atoms with Crippen LogP contribution < -0.4 is 25.5 Å². The van der Waals surface area contributed by atoms with E-state index in [1.54, 1.807) is 32.4 Å². The number of anilines is 1. The van der Waals surface area contributed by atoms with Gasteiger partial charge in [-0.3, -0.25) is 9.59 Å². The molecule has 0 saturated carbocycles. The van der Waals surface area contributed by atoms with Gasteiger partial charge in [0.15, 0.2) is 16.9 Å². The highest BCUT2D eigenvalue weighted by Crippen LogP contribution is 2.30. The molecule has 40 heavy (non-hydrogen) atoms. The summed E-state index contributed by atoms with van der Waals surface area (Å²) < 4.78 is 12.3. The number of hydrogen-bond acceptors (Lipinski definition) is 6. The summed E-state index contributed by atoms with van der Waals surface area (Å²) in [6, 6.07) is 26.9. The molecule has 0 aliphatic carbocycles. The Kier molecular flexibility index (Phi) is 8.43. The number of benzene rings is 4. The Morgan fingerprint density at radius 1 is 0.875 bits per heavy atom. The van der Waals surface area contributed by atoms with Gasteiger partial charge in [0.05, 0.1) is 24.5 Å². The van der Waals surface area contributed by atoms with Gasteiger partial charge in [-0.2, -0.15) is 0 Å². The molecule has 6 nitrogen and oxygen atoms in total. The van der Waals surface area contributed by atoms with Gasteiger partial charge in [0.1, 0.15) is 0 Å². The number of fused-ring (bicyclic) bond motifs is 2. The van der Waals surface area contributed by atoms with Crippen LogP contribution in [0.3, 0.4) is 0 Å². The molecule has 0 bridgehead atoms. The Hall–Kier alpha value is -4.20. The van der Waals surface area contributed by atoms with Crippen molar-refractivity contribution in [2.75, 3.05) is 26.1 Å². The Morgan fingerprint density at radius 3 is 2.40 bits per heavy atom. The molecule has 1 aromatic heterocycles. The molecule has 7 heteroatoms. The Balaban J connectivity index is 1.18. The first kappa shape index (κ1) is 27.4. The van der Waals surface area contributed by atoms with E-state index < -0.39 is 0 Å². The fraction of sp³-hybridized carbons (Fsp3) is 0.212. The molecule has 1 atom stereocenters. The van der Waals surface area contributed by atoms with E-state index >= 15 is 0 Å². The molecule has 0 spiro atoms. The fourth-order valence-corrected chi connectivity index (χ4v) is 5.99. The van der Waals surface area contributed by atoms with Crippen LogP contribution in [0.2, 0.25) is 0 Å². The highest BCUT2D eigenvalue weighted by atomic mass is 32.1. The number of nitrogens with one attached hydrogen (secondary N) is 2. The molecule has 1 unspecified atom stereocenters. The summed E-state index contributed by atoms with van der Waals surface area (Å²) in [6.45, 7) is 3.00. The highest BCUT2D eigenvalue weighted by Gasteiger charge is 2.15. The van der Waals surface area contributed by atoms with E-state index in [0.717, 1.165) is 46.8 Å². The molecule has 0 saturated heterocycles. The molecular formula is C33H32N2O4S. The van der Waals surface area contributed by atoms with Gasteiger partial charge in [0.25, 0.3) is 5.91 Å². The number of ether oxygens (including phenoxy) is 2. The Morgan fingerprint density at radius 2 is 1.62 bits per heavy atom. The van der Waals surface area contributed by atoms with Crippen LogP contribution in [0.4, 0.5) is 5.69 Å². The fourth-order valence-electron chi connectivity index (χ4n) is 4.81. The summed E-state index contributed by atoms with van der Waals surface area (Å²) in [7, 11) is 3.28. The number of carbonyl (C=O) groups is 1. The minimum absolute atomic E-state index is 0.0454. The van der Waals surface area contributed by atoms with Gasteiger partial charge < -0.3 is 20.1 Å². The van der Waals surface area contributed by atoms with Crippen LogP contribution in [-0.2, 0) is 6.42 Å². The first-order valence-electron chi connectivity index (χ1n) is 13.3. The van der Waals surface area contributed by atoms with Crippen LogP contribution in [0.1, 0.15) is 40.9 Å². The molecule has 4 aromatic carbocycles. The van der Waals surface area contributed by atoms with Crippen molar-refractivity contribution in [3.8, 4) is 11.5 Å². The van der Waals surface area contributed by atoms with E-state index in [1.807, 2.05) is 66.7 Å². The summed E-state index contributed by atoms with van der Waals surface area (Å²) in [5.74, 6) is 1.23. The van der Waals surface area contributed by atoms with Crippen molar-refractivity contribution >= 4 is 43.1 Å². The lowest BCUT2D eigenvalue weighted by atomic mass is 10.1. The van der Waals surface area contributed by atoms with Crippen molar-refractivity contribution in [2.24, 2.45) is 0 Å². The maximum Gasteiger partial charge on any atom is 0.257 e. The second kappa shape index (κ2) is 12.3. The van der Waals surface area contributed by atoms with Gasteiger partial charge in [-0.15, -0.1) is 11.3 Å². The lowest BCUT2D eigenvalue weighted by molar-refractivity contribution is 0.102. The molecule has 1 amide bonds. The minimum atomic E-state index is -0.224. The predicted octanol–water partition coefficient (Wildman–Crippen LogP) is 6.97. The molecule has 204 valence electrons. The van der Waals surface area contributed by atoms with Crippen LogP contribution in [0, 0.1) is 0 Å². The molecule has 0 aliphatic heterocycles. The largest absolute Gasteiger partial charge is 0.493 e. The van der Waals surface area contributed by atoms with Crippen LogP contribution in [-0.4, -0.2) is 26.7 Å². The van der Waals surface area contributed by atoms with Gasteiger partial charge in [0, 0.05) is 27.2 Å². The third-order valence-electron chi connectivity index (χ3n) is 7.06. The number of aryl methyl sites for hydroxylation is 1. The molecule has 1 heterocycles. The highest BCUT2D eigenvalue weighted by molar-refractivity contribution is 7.24. The minimum Gasteiger partial charge on any atom is -0.493 e. The average molecular weight is 553 g/mol. The maximum absolute atomic E-state index is 13.2. The Bertz CT molecular complexity index is 1710. The summed E-state index contributed by atoms with van der Waals surface area (Å²) >= 11 is 1.47. The van der Waals surface area contributed by atoms with Gasteiger partial charge in [-0.1, -0.05) is 36.4 Å². The van der Waals surface area contributed by atoms with E-state index in [9.17, 15) is 9.59 Å². The van der Waals surface area contributed by atoms with E-state index in [2.05, 4.69) is 17.6 Å². The molecule has 2 N–H and O–H groups in total. The van der Waals surface area contributed by atoms with Gasteiger partial charge in [-0.25, -0.2) is 0 Å². The third kappa shape index (κ3) is 5.86. The van der Waals surface area contributed by atoms with E-state index in [-0.39, 0.29) is 17.4 Å². The van der Waals surface area contributed by atoms with Crippen LogP contribution in [0.25, 0.3) is 20.2 Å². The standard InChI is InChI=1S/C33H32N2O4S/c1-21(23-15-18-28(38-2)29(20-23)39-3)34-19-7-8-22-13-16-24(17-14-22)35-33(37)27-11-6-10-26-31(36)25-9-4-5-12-30(25)40-32(26)27/h4-6,9-18,20-21,34H,7-8,19H2,1-3H3,(H,35,37). The lowest BCUT2D eigenvalue weighted by Gasteiger charge is -2.16. The van der Waals surface area contributed by atoms with Gasteiger partial charge in [0.2, 0.25) is 0 Å². The van der Waals surface area contributed by atoms with E-state index in [4.69, 9.17) is 9.47 Å². The topological polar surface area (TPSA) is 76.7 Å². The zero-order valence-electron chi connectivity index (χ0n) is 22.8. The lowest BCUT2D eigenvalue weighted by Crippen LogP contribution is -2.20. The third-order valence-corrected chi connectivity index (χ3v) is 8.28. The van der Waals surface area contributed by atoms with Gasteiger partial charge in [-0.05, 0) is 86.0 Å². The first-order valence-corrected chi connectivity index (χ1v) is 14.1. The molecule has 5 aromatic rings. The molecular weight excluding hydrogens is 520 g/mol. The average Bonchev–Trinajstić information content (AvgIpc) is 2.99. The van der Waals surface area contributed by atoms with Crippen molar-refractivity contribution in [3.05, 3.63) is 112 Å². The monoisotopic (exact) mass is 552 g/mol. The van der Waals surface area contributed by atoms with Crippen LogP contribution >= 0.6 is 11.3 Å². The molecule has 5 rings (SSSR count). The Labute approximate surface area is 237 Å². The van der Waals surface area contributed by atoms with Crippen LogP contribution in [0.5, 0.6) is 11.5 Å². The summed E-state index contributed by atoms with van der Waals surface area (Å²) in [4.78, 5) is 26.2. The van der Waals surface area contributed by atoms with Crippen molar-refractivity contribution in [2.45, 2.75) is 25.8 Å². The number of methoxy groups -OCH3 is 2. The SMILES string of the molecule is COc1ccc(C(C)NCCCc2ccc(NC(=O)c3cccc4c(=O)c5ccccc5sc34)cc2)cc1OC. The normalized spacial score (nSPS) is 11.9. The van der Waals surface area contributed by atoms with Crippen molar-refractivity contribution in [1.29, 1.82) is 0 Å². The summed E-state index contributed by atoms with van der Waals surface area (Å²) in [5.41, 5.74) is 3.52. The predicted molar refractivity (Wildman–Crippen MR) is 164 cm³/mol. The number of carbonyl (C=O) groups excluding carboxylic acids is 1.